The summed E-state index contributed by atoms with van der Waals surface area (Å²) in [6.07, 6.45) is 0. The van der Waals surface area contributed by atoms with Crippen LogP contribution in [0.15, 0.2) is 12.1 Å². The number of ether oxygens (including phenoxy) is 3. The van der Waals surface area contributed by atoms with Gasteiger partial charge in [0, 0.05) is 11.6 Å². The highest BCUT2D eigenvalue weighted by Gasteiger charge is 2.58. The predicted octanol–water partition coefficient (Wildman–Crippen LogP) is 2.12. The highest BCUT2D eigenvalue weighted by atomic mass is 16.7. The summed E-state index contributed by atoms with van der Waals surface area (Å²) < 4.78 is 16.3. The van der Waals surface area contributed by atoms with Crippen LogP contribution in [0.1, 0.15) is 25.3 Å². The summed E-state index contributed by atoms with van der Waals surface area (Å²) in [5, 5.41) is 0. The molecule has 1 aromatic rings. The van der Waals surface area contributed by atoms with E-state index in [4.69, 9.17) is 19.9 Å². The Kier molecular flexibility index (Phi) is 2.45. The zero-order chi connectivity index (χ0) is 12.9. The number of fused-ring (bicyclic) bond motifs is 1. The smallest absolute Gasteiger partial charge is 0.231 e. The molecule has 0 saturated heterocycles. The molecule has 1 aromatic carbocycles. The first-order valence-electron chi connectivity index (χ1n) is 6.27. The minimum Gasteiger partial charge on any atom is -0.496 e. The number of hydrogen-bond donors (Lipinski definition) is 1. The van der Waals surface area contributed by atoms with Gasteiger partial charge < -0.3 is 19.9 Å². The average Bonchev–Trinajstić information content (AvgIpc) is 2.72. The van der Waals surface area contributed by atoms with Gasteiger partial charge in [-0.15, -0.1) is 0 Å². The normalized spacial score (nSPS) is 27.1. The van der Waals surface area contributed by atoms with Gasteiger partial charge in [-0.05, 0) is 29.9 Å². The minimum absolute atomic E-state index is 0.232. The second kappa shape index (κ2) is 3.79. The zero-order valence-corrected chi connectivity index (χ0v) is 11.0. The van der Waals surface area contributed by atoms with Crippen molar-refractivity contribution in [2.45, 2.75) is 19.8 Å². The summed E-state index contributed by atoms with van der Waals surface area (Å²) in [6.45, 7) is 5.49. The summed E-state index contributed by atoms with van der Waals surface area (Å²) >= 11 is 0. The predicted molar refractivity (Wildman–Crippen MR) is 68.2 cm³/mol. The van der Waals surface area contributed by atoms with Crippen molar-refractivity contribution >= 4 is 0 Å². The quantitative estimate of drug-likeness (QED) is 0.891. The first kappa shape index (κ1) is 11.7. The van der Waals surface area contributed by atoms with Crippen LogP contribution in [0.3, 0.4) is 0 Å². The molecule has 18 heavy (non-hydrogen) atoms. The molecule has 98 valence electrons. The number of hydrogen-bond acceptors (Lipinski definition) is 4. The Morgan fingerprint density at radius 3 is 2.56 bits per heavy atom. The monoisotopic (exact) mass is 249 g/mol. The van der Waals surface area contributed by atoms with Gasteiger partial charge in [0.1, 0.15) is 5.75 Å². The van der Waals surface area contributed by atoms with Crippen LogP contribution in [0.2, 0.25) is 0 Å². The molecule has 1 aliphatic carbocycles. The van der Waals surface area contributed by atoms with E-state index >= 15 is 0 Å². The van der Waals surface area contributed by atoms with Gasteiger partial charge in [-0.3, -0.25) is 0 Å². The van der Waals surface area contributed by atoms with Crippen LogP contribution in [0.4, 0.5) is 0 Å². The molecule has 2 atom stereocenters. The molecule has 1 saturated carbocycles. The van der Waals surface area contributed by atoms with Crippen LogP contribution >= 0.6 is 0 Å². The SMILES string of the molecule is COc1cc2c(cc1[C@@H]1[C@@H](CN)C1(C)C)OCO2. The Bertz CT molecular complexity index is 484. The van der Waals surface area contributed by atoms with Gasteiger partial charge in [0.05, 0.1) is 7.11 Å². The maximum Gasteiger partial charge on any atom is 0.231 e. The Labute approximate surface area is 107 Å². The lowest BCUT2D eigenvalue weighted by molar-refractivity contribution is 0.174. The van der Waals surface area contributed by atoms with Gasteiger partial charge in [-0.1, -0.05) is 13.8 Å². The van der Waals surface area contributed by atoms with Crippen LogP contribution in [0.25, 0.3) is 0 Å². The Morgan fingerprint density at radius 2 is 2.00 bits per heavy atom. The fraction of sp³-hybridized carbons (Fsp3) is 0.571. The molecule has 4 nitrogen and oxygen atoms in total. The van der Waals surface area contributed by atoms with E-state index in [1.54, 1.807) is 7.11 Å². The molecular weight excluding hydrogens is 230 g/mol. The van der Waals surface area contributed by atoms with E-state index in [2.05, 4.69) is 13.8 Å². The lowest BCUT2D eigenvalue weighted by atomic mass is 10.0. The number of methoxy groups -OCH3 is 1. The summed E-state index contributed by atoms with van der Waals surface area (Å²) in [5.41, 5.74) is 7.26. The van der Waals surface area contributed by atoms with Gasteiger partial charge in [0.2, 0.25) is 6.79 Å². The Hall–Kier alpha value is -1.42. The number of nitrogens with two attached hydrogens (primary N) is 1. The third-order valence-corrected chi connectivity index (χ3v) is 4.36. The van der Waals surface area contributed by atoms with Gasteiger partial charge >= 0.3 is 0 Å². The van der Waals surface area contributed by atoms with E-state index in [9.17, 15) is 0 Å². The van der Waals surface area contributed by atoms with E-state index in [1.807, 2.05) is 12.1 Å². The summed E-state index contributed by atoms with van der Waals surface area (Å²) in [7, 11) is 1.69. The number of rotatable bonds is 3. The van der Waals surface area contributed by atoms with Crippen molar-refractivity contribution in [2.75, 3.05) is 20.4 Å². The van der Waals surface area contributed by atoms with E-state index in [-0.39, 0.29) is 12.2 Å². The molecule has 0 aromatic heterocycles. The zero-order valence-electron chi connectivity index (χ0n) is 11.0. The van der Waals surface area contributed by atoms with Crippen molar-refractivity contribution in [3.63, 3.8) is 0 Å². The molecule has 1 aliphatic heterocycles. The fourth-order valence-corrected chi connectivity index (χ4v) is 3.16. The Balaban J connectivity index is 2.02. The van der Waals surface area contributed by atoms with Crippen LogP contribution in [0.5, 0.6) is 17.2 Å². The van der Waals surface area contributed by atoms with Crippen molar-refractivity contribution < 1.29 is 14.2 Å². The second-order valence-electron chi connectivity index (χ2n) is 5.59. The fourth-order valence-electron chi connectivity index (χ4n) is 3.16. The van der Waals surface area contributed by atoms with Gasteiger partial charge in [0.15, 0.2) is 11.5 Å². The van der Waals surface area contributed by atoms with E-state index in [0.717, 1.165) is 17.2 Å². The van der Waals surface area contributed by atoms with Crippen LogP contribution < -0.4 is 19.9 Å². The molecule has 0 radical (unpaired) electrons. The molecule has 0 spiro atoms. The third-order valence-electron chi connectivity index (χ3n) is 4.36. The van der Waals surface area contributed by atoms with Crippen molar-refractivity contribution in [1.82, 2.24) is 0 Å². The second-order valence-corrected chi connectivity index (χ2v) is 5.59. The molecule has 3 rings (SSSR count). The first-order chi connectivity index (χ1) is 8.59. The molecule has 2 aliphatic rings. The van der Waals surface area contributed by atoms with Crippen molar-refractivity contribution in [2.24, 2.45) is 17.1 Å². The first-order valence-corrected chi connectivity index (χ1v) is 6.27. The van der Waals surface area contributed by atoms with Crippen molar-refractivity contribution in [3.8, 4) is 17.2 Å². The van der Waals surface area contributed by atoms with Gasteiger partial charge in [-0.2, -0.15) is 0 Å². The standard InChI is InChI=1S/C14H19NO3/c1-14(2)9(6-15)13(14)8-4-11-12(18-7-17-11)5-10(8)16-3/h4-5,9,13H,6-7,15H2,1-3H3/t9-,13-/m1/s1. The van der Waals surface area contributed by atoms with E-state index in [1.165, 1.54) is 5.56 Å². The third kappa shape index (κ3) is 1.48. The van der Waals surface area contributed by atoms with Gasteiger partial charge in [-0.25, -0.2) is 0 Å². The molecule has 1 fully saturated rings. The highest BCUT2D eigenvalue weighted by Crippen LogP contribution is 2.66. The minimum atomic E-state index is 0.232. The summed E-state index contributed by atoms with van der Waals surface area (Å²) in [6, 6.07) is 3.96. The summed E-state index contributed by atoms with van der Waals surface area (Å²) in [5.74, 6) is 3.38. The molecular formula is C14H19NO3. The maximum atomic E-state index is 5.84. The topological polar surface area (TPSA) is 53.7 Å². The van der Waals surface area contributed by atoms with Crippen LogP contribution in [-0.2, 0) is 0 Å². The average molecular weight is 249 g/mol. The van der Waals surface area contributed by atoms with Crippen LogP contribution in [0, 0.1) is 11.3 Å². The highest BCUT2D eigenvalue weighted by molar-refractivity contribution is 5.55. The lowest BCUT2D eigenvalue weighted by Crippen LogP contribution is -2.05. The molecule has 0 unspecified atom stereocenters. The Morgan fingerprint density at radius 1 is 1.33 bits per heavy atom. The van der Waals surface area contributed by atoms with E-state index < -0.39 is 0 Å². The maximum absolute atomic E-state index is 5.84. The lowest BCUT2D eigenvalue weighted by Gasteiger charge is -2.11. The van der Waals surface area contributed by atoms with Crippen molar-refractivity contribution in [3.05, 3.63) is 17.7 Å². The molecule has 0 bridgehead atoms. The molecule has 1 heterocycles. The largest absolute Gasteiger partial charge is 0.496 e. The van der Waals surface area contributed by atoms with Crippen LogP contribution in [-0.4, -0.2) is 20.4 Å². The number of benzene rings is 1. The van der Waals surface area contributed by atoms with Crippen molar-refractivity contribution in [1.29, 1.82) is 0 Å². The summed E-state index contributed by atoms with van der Waals surface area (Å²) in [4.78, 5) is 0. The molecule has 0 amide bonds. The molecule has 2 N–H and O–H groups in total. The van der Waals surface area contributed by atoms with E-state index in [0.29, 0.717) is 18.4 Å². The van der Waals surface area contributed by atoms with Gasteiger partial charge in [0.25, 0.3) is 0 Å². The molecule has 4 heteroatoms.